The zero-order chi connectivity index (χ0) is 89.1. The number of aliphatic hydroxyl groups excluding tert-OH is 1. The largest absolute Gasteiger partial charge is 0.508 e. The number of benzene rings is 2. The molecular formula is C77H124N18O23. The van der Waals surface area contributed by atoms with E-state index in [9.17, 15) is 112 Å². The summed E-state index contributed by atoms with van der Waals surface area (Å²) < 4.78 is 0. The van der Waals surface area contributed by atoms with Crippen LogP contribution in [0.4, 0.5) is 0 Å². The second-order valence-electron chi connectivity index (χ2n) is 29.9. The number of hydrogen-bond donors (Lipinski definition) is 24. The first-order valence-corrected chi connectivity index (χ1v) is 39.5. The molecule has 0 aliphatic rings. The normalized spacial score (nSPS) is 14.8. The van der Waals surface area contributed by atoms with Crippen LogP contribution in [0.2, 0.25) is 0 Å². The molecule has 41 nitrogen and oxygen atoms in total. The van der Waals surface area contributed by atoms with Crippen molar-refractivity contribution >= 4 is 101 Å². The first kappa shape index (κ1) is 103. The Balaban J connectivity index is 2.29. The van der Waals surface area contributed by atoms with Gasteiger partial charge in [0.1, 0.15) is 78.0 Å². The van der Waals surface area contributed by atoms with Gasteiger partial charge in [-0.2, -0.15) is 0 Å². The summed E-state index contributed by atoms with van der Waals surface area (Å²) in [5, 5.41) is 94.1. The first-order chi connectivity index (χ1) is 55.6. The zero-order valence-electron chi connectivity index (χ0n) is 68.4. The number of amides is 14. The molecule has 0 radical (unpaired) electrons. The number of nitrogens with two attached hydrogens (primary N) is 4. The summed E-state index contributed by atoms with van der Waals surface area (Å²) in [6.07, 6.45) is -1.59. The summed E-state index contributed by atoms with van der Waals surface area (Å²) in [4.78, 5) is 229. The summed E-state index contributed by atoms with van der Waals surface area (Å²) in [5.41, 5.74) is 23.7. The number of carboxylic acid groups (broad SMARTS) is 3. The summed E-state index contributed by atoms with van der Waals surface area (Å²) in [6.45, 7) is 12.0. The van der Waals surface area contributed by atoms with E-state index in [4.69, 9.17) is 22.9 Å². The Labute approximate surface area is 685 Å². The lowest BCUT2D eigenvalue weighted by Crippen LogP contribution is -2.60. The second kappa shape index (κ2) is 53.9. The third-order valence-corrected chi connectivity index (χ3v) is 18.9. The molecule has 41 heteroatoms. The van der Waals surface area contributed by atoms with Crippen LogP contribution in [0.15, 0.2) is 48.5 Å². The van der Waals surface area contributed by atoms with Gasteiger partial charge in [-0.25, -0.2) is 4.79 Å². The van der Waals surface area contributed by atoms with E-state index in [1.54, 1.807) is 55.4 Å². The Morgan fingerprint density at radius 2 is 0.653 bits per heavy atom. The van der Waals surface area contributed by atoms with Crippen LogP contribution in [0, 0.1) is 23.7 Å². The molecule has 0 fully saturated rings. The molecule has 0 unspecified atom stereocenters. The number of aromatic hydroxyl groups is 2. The Bertz CT molecular complexity index is 3660. The predicted octanol–water partition coefficient (Wildman–Crippen LogP) is -4.51. The molecule has 0 bridgehead atoms. The third kappa shape index (κ3) is 38.7. The van der Waals surface area contributed by atoms with Gasteiger partial charge in [-0.15, -0.1) is 0 Å². The van der Waals surface area contributed by atoms with Gasteiger partial charge in [0.2, 0.25) is 82.7 Å². The molecule has 0 saturated carbocycles. The predicted molar refractivity (Wildman–Crippen MR) is 428 cm³/mol. The first-order valence-electron chi connectivity index (χ1n) is 39.5. The van der Waals surface area contributed by atoms with Crippen molar-refractivity contribution < 1.29 is 112 Å². The average molecular weight is 1670 g/mol. The fourth-order valence-corrected chi connectivity index (χ4v) is 11.7. The molecule has 0 saturated heterocycles. The summed E-state index contributed by atoms with van der Waals surface area (Å²) >= 11 is 0. The van der Waals surface area contributed by atoms with E-state index in [1.165, 1.54) is 48.5 Å². The molecule has 118 heavy (non-hydrogen) atoms. The molecule has 0 aliphatic heterocycles. The van der Waals surface area contributed by atoms with Gasteiger partial charge in [0.25, 0.3) is 0 Å². The van der Waals surface area contributed by atoms with Crippen LogP contribution in [-0.4, -0.2) is 249 Å². The number of phenolic OH excluding ortho intramolecular Hbond substituents is 2. The molecule has 660 valence electrons. The monoisotopic (exact) mass is 1670 g/mol. The zero-order valence-corrected chi connectivity index (χ0v) is 68.4. The highest BCUT2D eigenvalue weighted by Gasteiger charge is 2.38. The average Bonchev–Trinajstić information content (AvgIpc) is 0.853. The number of nitrogens with one attached hydrogen (secondary N) is 14. The number of aliphatic carboxylic acids is 3. The van der Waals surface area contributed by atoms with Crippen molar-refractivity contribution in [3.8, 4) is 11.5 Å². The van der Waals surface area contributed by atoms with Gasteiger partial charge in [0, 0.05) is 25.7 Å². The van der Waals surface area contributed by atoms with E-state index in [-0.39, 0.29) is 69.5 Å². The molecule has 14 amide bonds. The van der Waals surface area contributed by atoms with Gasteiger partial charge < -0.3 is 128 Å². The van der Waals surface area contributed by atoms with Crippen LogP contribution in [0.3, 0.4) is 0 Å². The van der Waals surface area contributed by atoms with Crippen molar-refractivity contribution in [2.24, 2.45) is 46.6 Å². The minimum atomic E-state index is -1.89. The molecule has 0 heterocycles. The van der Waals surface area contributed by atoms with E-state index in [1.807, 2.05) is 0 Å². The SMILES string of the molecule is CC[C@H](C)[C@H](NC(=O)[C@H](CCCCN)NC(=O)[C@H](CCC(=O)O)NC(=O)[C@@H](NC(=O)[C@@H](N)CCCCN)C(C)C)C(=O)NCC(=O)N[C@@H](CCC(=O)O)C(=O)NCC(=O)N[C@H](C(=O)N[C@@H](Cc1ccc(O)cc1)C(=O)NCC(=O)N[C@H](C(=O)N[C@H](C(=O)N[C@@H](Cc1ccc(O)cc1)C(=O)N[C@@H](CCCCN)C(=O)O)C(C)C)C(C)C)[C@@H](C)O. The summed E-state index contributed by atoms with van der Waals surface area (Å²) in [7, 11) is 0. The molecule has 0 spiro atoms. The van der Waals surface area contributed by atoms with Gasteiger partial charge in [-0.3, -0.25) is 76.7 Å². The number of hydrogen-bond acceptors (Lipinski definition) is 24. The standard InChI is InChI=1S/C77H124N18O23/c1-10-43(8)64(95-70(110)50(18-12-15-33-79)86-69(109)52(29-31-60(104)105)87-73(113)62(41(4)5)93-66(106)49(81)17-11-14-32-78)72(112)84-37-56(99)85-51(28-30-59(102)103)67(107)82-39-58(101)92-65(44(9)96)76(116)89-54(35-45-20-24-47(97)25-21-45)68(108)83-38-57(100)91-61(40(2)3)75(115)94-63(42(6)7)74(114)90-55(36-46-22-26-48(98)27-23-46)71(111)88-53(77(117)118)19-13-16-34-80/h20-27,40-44,49-55,61-65,96-98H,10-19,28-39,78-81H2,1-9H3,(H,82,107)(H,83,108)(H,84,112)(H,85,99)(H,86,109)(H,87,113)(H,88,111)(H,89,116)(H,90,114)(H,91,100)(H,92,101)(H,93,106)(H,94,115)(H,95,110)(H,102,103)(H,104,105)(H,117,118)/t43-,44+,49-,50-,51-,52-,53-,54-,55-,61-,62-,63-,64-,65-/m0/s1. The molecule has 2 aromatic rings. The quantitative estimate of drug-likeness (QED) is 0.0278. The van der Waals surface area contributed by atoms with Gasteiger partial charge in [0.05, 0.1) is 31.8 Å². The van der Waals surface area contributed by atoms with Gasteiger partial charge in [0.15, 0.2) is 0 Å². The highest BCUT2D eigenvalue weighted by Crippen LogP contribution is 2.18. The maximum atomic E-state index is 14.2. The molecule has 0 aromatic heterocycles. The Morgan fingerprint density at radius 3 is 1.08 bits per heavy atom. The Morgan fingerprint density at radius 1 is 0.339 bits per heavy atom. The lowest BCUT2D eigenvalue weighted by Gasteiger charge is -2.29. The van der Waals surface area contributed by atoms with Crippen molar-refractivity contribution in [1.82, 2.24) is 74.4 Å². The van der Waals surface area contributed by atoms with E-state index in [0.29, 0.717) is 49.8 Å². The van der Waals surface area contributed by atoms with Crippen LogP contribution >= 0.6 is 0 Å². The lowest BCUT2D eigenvalue weighted by atomic mass is 9.97. The Hall–Kier alpha value is -11.2. The highest BCUT2D eigenvalue weighted by atomic mass is 16.4. The van der Waals surface area contributed by atoms with Crippen LogP contribution in [-0.2, 0) is 94.3 Å². The molecule has 14 atom stereocenters. The molecule has 28 N–H and O–H groups in total. The van der Waals surface area contributed by atoms with Crippen LogP contribution in [0.1, 0.15) is 163 Å². The van der Waals surface area contributed by atoms with Gasteiger partial charge >= 0.3 is 17.9 Å². The minimum absolute atomic E-state index is 0.0304. The van der Waals surface area contributed by atoms with Crippen LogP contribution < -0.4 is 97.4 Å². The number of carbonyl (C=O) groups is 17. The van der Waals surface area contributed by atoms with Crippen molar-refractivity contribution in [3.63, 3.8) is 0 Å². The van der Waals surface area contributed by atoms with Crippen LogP contribution in [0.25, 0.3) is 0 Å². The van der Waals surface area contributed by atoms with E-state index >= 15 is 0 Å². The lowest BCUT2D eigenvalue weighted by molar-refractivity contribution is -0.142. The maximum absolute atomic E-state index is 14.2. The van der Waals surface area contributed by atoms with Crippen molar-refractivity contribution in [3.05, 3.63) is 59.7 Å². The van der Waals surface area contributed by atoms with Gasteiger partial charge in [-0.05, 0) is 150 Å². The fourth-order valence-electron chi connectivity index (χ4n) is 11.7. The number of carbonyl (C=O) groups excluding carboxylic acids is 14. The fraction of sp³-hybridized carbons (Fsp3) is 0.623. The molecule has 2 aromatic carbocycles. The number of carboxylic acids is 3. The topological polar surface area (TPSA) is 684 Å². The van der Waals surface area contributed by atoms with E-state index < -0.39 is 248 Å². The number of aliphatic hydroxyl groups is 1. The number of phenols is 2. The third-order valence-electron chi connectivity index (χ3n) is 18.9. The minimum Gasteiger partial charge on any atom is -0.508 e. The number of rotatable bonds is 57. The Kier molecular flexibility index (Phi) is 47.0. The molecular weight excluding hydrogens is 1540 g/mol. The van der Waals surface area contributed by atoms with E-state index in [2.05, 4.69) is 74.4 Å². The van der Waals surface area contributed by atoms with Crippen LogP contribution in [0.5, 0.6) is 11.5 Å². The summed E-state index contributed by atoms with van der Waals surface area (Å²) in [5.74, 6) is -20.4. The summed E-state index contributed by atoms with van der Waals surface area (Å²) in [6, 6.07) is -6.33. The van der Waals surface area contributed by atoms with Crippen molar-refractivity contribution in [2.45, 2.75) is 244 Å². The smallest absolute Gasteiger partial charge is 0.326 e. The molecule has 0 aliphatic carbocycles. The number of unbranched alkanes of at least 4 members (excludes halogenated alkanes) is 3. The highest BCUT2D eigenvalue weighted by molar-refractivity contribution is 6.00. The van der Waals surface area contributed by atoms with E-state index in [0.717, 1.165) is 6.92 Å². The van der Waals surface area contributed by atoms with Crippen molar-refractivity contribution in [2.75, 3.05) is 39.3 Å². The second-order valence-corrected chi connectivity index (χ2v) is 29.9. The maximum Gasteiger partial charge on any atom is 0.326 e. The van der Waals surface area contributed by atoms with Crippen molar-refractivity contribution in [1.29, 1.82) is 0 Å². The van der Waals surface area contributed by atoms with Gasteiger partial charge in [-0.1, -0.05) is 92.5 Å². The molecule has 2 rings (SSSR count).